The van der Waals surface area contributed by atoms with Crippen molar-refractivity contribution in [2.45, 2.75) is 46.2 Å². The highest BCUT2D eigenvalue weighted by Crippen LogP contribution is 2.15. The third-order valence-electron chi connectivity index (χ3n) is 4.19. The van der Waals surface area contributed by atoms with E-state index in [4.69, 9.17) is 0 Å². The lowest BCUT2D eigenvalue weighted by molar-refractivity contribution is -0.135. The van der Waals surface area contributed by atoms with Gasteiger partial charge in [0.15, 0.2) is 0 Å². The number of rotatable bonds is 4. The first-order valence-electron chi connectivity index (χ1n) is 7.74. The molecule has 0 aromatic heterocycles. The Morgan fingerprint density at radius 2 is 2.05 bits per heavy atom. The number of carbonyl (C=O) groups excluding carboxylic acids is 1. The smallest absolute Gasteiger partial charge is 0.225 e. The Balaban J connectivity index is 1.81. The average molecular weight is 292 g/mol. The Morgan fingerprint density at radius 3 is 2.67 bits per heavy atom. The molecule has 116 valence electrons. The second kappa shape index (κ2) is 7.03. The highest BCUT2D eigenvalue weighted by molar-refractivity contribution is 5.78. The van der Waals surface area contributed by atoms with Gasteiger partial charge in [-0.2, -0.15) is 0 Å². The van der Waals surface area contributed by atoms with Crippen LogP contribution in [0.15, 0.2) is 18.2 Å². The maximum atomic E-state index is 13.3. The van der Waals surface area contributed by atoms with E-state index in [0.717, 1.165) is 37.1 Å². The van der Waals surface area contributed by atoms with E-state index >= 15 is 0 Å². The second-order valence-electron chi connectivity index (χ2n) is 6.21. The van der Waals surface area contributed by atoms with Gasteiger partial charge in [-0.1, -0.05) is 19.9 Å². The molecule has 0 unspecified atom stereocenters. The van der Waals surface area contributed by atoms with Gasteiger partial charge in [-0.15, -0.1) is 0 Å². The van der Waals surface area contributed by atoms with Crippen LogP contribution in [-0.2, 0) is 11.3 Å². The molecule has 1 saturated heterocycles. The fourth-order valence-electron chi connectivity index (χ4n) is 2.75. The second-order valence-corrected chi connectivity index (χ2v) is 6.21. The summed E-state index contributed by atoms with van der Waals surface area (Å²) in [5.41, 5.74) is 2.12. The Hall–Kier alpha value is -1.42. The predicted molar refractivity (Wildman–Crippen MR) is 82.4 cm³/mol. The summed E-state index contributed by atoms with van der Waals surface area (Å²) >= 11 is 0. The molecular weight excluding hydrogens is 267 g/mol. The van der Waals surface area contributed by atoms with Gasteiger partial charge in [0.2, 0.25) is 5.91 Å². The number of amides is 1. The molecule has 2 rings (SSSR count). The molecule has 1 aliphatic heterocycles. The van der Waals surface area contributed by atoms with Gasteiger partial charge < -0.3 is 10.2 Å². The van der Waals surface area contributed by atoms with Crippen molar-refractivity contribution < 1.29 is 9.18 Å². The topological polar surface area (TPSA) is 32.3 Å². The fourth-order valence-corrected chi connectivity index (χ4v) is 2.75. The third kappa shape index (κ3) is 4.27. The lowest BCUT2D eigenvalue weighted by atomic mass is 10.0. The normalized spacial score (nSPS) is 16.5. The number of likely N-dealkylation sites (tertiary alicyclic amines) is 1. The van der Waals surface area contributed by atoms with Gasteiger partial charge in [0.25, 0.3) is 0 Å². The van der Waals surface area contributed by atoms with Crippen molar-refractivity contribution in [3.8, 4) is 0 Å². The van der Waals surface area contributed by atoms with E-state index in [-0.39, 0.29) is 17.6 Å². The van der Waals surface area contributed by atoms with Crippen molar-refractivity contribution in [3.05, 3.63) is 35.1 Å². The summed E-state index contributed by atoms with van der Waals surface area (Å²) in [6, 6.07) is 5.31. The number of halogens is 1. The molecule has 1 aromatic rings. The van der Waals surface area contributed by atoms with Crippen molar-refractivity contribution in [2.75, 3.05) is 13.1 Å². The molecule has 21 heavy (non-hydrogen) atoms. The Labute approximate surface area is 126 Å². The van der Waals surface area contributed by atoms with E-state index in [9.17, 15) is 9.18 Å². The van der Waals surface area contributed by atoms with Crippen LogP contribution < -0.4 is 5.32 Å². The van der Waals surface area contributed by atoms with E-state index < -0.39 is 0 Å². The van der Waals surface area contributed by atoms with Crippen LogP contribution in [-0.4, -0.2) is 29.9 Å². The van der Waals surface area contributed by atoms with Crippen molar-refractivity contribution in [1.29, 1.82) is 0 Å². The molecule has 1 N–H and O–H groups in total. The van der Waals surface area contributed by atoms with Crippen molar-refractivity contribution in [2.24, 2.45) is 5.92 Å². The van der Waals surface area contributed by atoms with Gasteiger partial charge >= 0.3 is 0 Å². The summed E-state index contributed by atoms with van der Waals surface area (Å²) in [6.07, 6.45) is 1.93. The number of nitrogens with zero attached hydrogens (tertiary/aromatic N) is 1. The quantitative estimate of drug-likeness (QED) is 0.925. The van der Waals surface area contributed by atoms with Gasteiger partial charge in [-0.05, 0) is 43.0 Å². The monoisotopic (exact) mass is 292 g/mol. The van der Waals surface area contributed by atoms with E-state index in [2.05, 4.69) is 5.32 Å². The summed E-state index contributed by atoms with van der Waals surface area (Å²) in [5, 5.41) is 3.49. The number of hydrogen-bond donors (Lipinski definition) is 1. The van der Waals surface area contributed by atoms with E-state index in [0.29, 0.717) is 12.6 Å². The molecular formula is C17H25FN2O. The molecule has 1 fully saturated rings. The number of nitrogens with one attached hydrogen (secondary N) is 1. The molecule has 4 heteroatoms. The molecule has 1 aliphatic rings. The molecule has 0 aliphatic carbocycles. The van der Waals surface area contributed by atoms with Gasteiger partial charge in [0.05, 0.1) is 0 Å². The van der Waals surface area contributed by atoms with Crippen molar-refractivity contribution >= 4 is 5.91 Å². The van der Waals surface area contributed by atoms with Crippen LogP contribution in [0.5, 0.6) is 0 Å². The Kier molecular flexibility index (Phi) is 5.34. The fraction of sp³-hybridized carbons (Fsp3) is 0.588. The van der Waals surface area contributed by atoms with E-state index in [1.807, 2.05) is 31.7 Å². The number of carbonyl (C=O) groups is 1. The summed E-state index contributed by atoms with van der Waals surface area (Å²) in [6.45, 7) is 8.21. The first-order valence-corrected chi connectivity index (χ1v) is 7.74. The highest BCUT2D eigenvalue weighted by Gasteiger charge is 2.23. The summed E-state index contributed by atoms with van der Waals surface area (Å²) in [4.78, 5) is 13.9. The zero-order chi connectivity index (χ0) is 15.4. The molecule has 3 nitrogen and oxygen atoms in total. The molecule has 0 spiro atoms. The Bertz CT molecular complexity index is 494. The Morgan fingerprint density at radius 1 is 1.38 bits per heavy atom. The molecule has 0 atom stereocenters. The molecule has 0 saturated carbocycles. The lowest BCUT2D eigenvalue weighted by Gasteiger charge is -2.33. The zero-order valence-electron chi connectivity index (χ0n) is 13.2. The zero-order valence-corrected chi connectivity index (χ0v) is 13.2. The minimum atomic E-state index is -0.185. The van der Waals surface area contributed by atoms with Crippen molar-refractivity contribution in [1.82, 2.24) is 10.2 Å². The van der Waals surface area contributed by atoms with Gasteiger partial charge in [-0.3, -0.25) is 4.79 Å². The number of aryl methyl sites for hydroxylation is 1. The number of hydrogen-bond acceptors (Lipinski definition) is 2. The first-order chi connectivity index (χ1) is 9.97. The summed E-state index contributed by atoms with van der Waals surface area (Å²) in [7, 11) is 0. The number of benzene rings is 1. The SMILES string of the molecule is Cc1ccc(F)cc1CNC1CCN(C(=O)C(C)C)CC1. The third-order valence-corrected chi connectivity index (χ3v) is 4.19. The van der Waals surface area contributed by atoms with Crippen LogP contribution in [0.3, 0.4) is 0 Å². The minimum absolute atomic E-state index is 0.0736. The minimum Gasteiger partial charge on any atom is -0.342 e. The maximum absolute atomic E-state index is 13.3. The van der Waals surface area contributed by atoms with Crippen LogP contribution in [0.1, 0.15) is 37.8 Å². The largest absolute Gasteiger partial charge is 0.342 e. The van der Waals surface area contributed by atoms with E-state index in [1.54, 1.807) is 6.07 Å². The predicted octanol–water partition coefficient (Wildman–Crippen LogP) is 2.87. The lowest BCUT2D eigenvalue weighted by Crippen LogP contribution is -2.46. The van der Waals surface area contributed by atoms with Gasteiger partial charge in [0.1, 0.15) is 5.82 Å². The van der Waals surface area contributed by atoms with Crippen LogP contribution >= 0.6 is 0 Å². The molecule has 1 amide bonds. The van der Waals surface area contributed by atoms with Crippen LogP contribution in [0.4, 0.5) is 4.39 Å². The first kappa shape index (κ1) is 16.0. The standard InChI is InChI=1S/C17H25FN2O/c1-12(2)17(21)20-8-6-16(7-9-20)19-11-14-10-15(18)5-4-13(14)3/h4-5,10,12,16,19H,6-9,11H2,1-3H3. The summed E-state index contributed by atoms with van der Waals surface area (Å²) < 4.78 is 13.3. The van der Waals surface area contributed by atoms with Crippen LogP contribution in [0.2, 0.25) is 0 Å². The van der Waals surface area contributed by atoms with Crippen LogP contribution in [0, 0.1) is 18.7 Å². The molecule has 0 radical (unpaired) electrons. The molecule has 1 heterocycles. The molecule has 0 bridgehead atoms. The molecule has 1 aromatic carbocycles. The summed E-state index contributed by atoms with van der Waals surface area (Å²) in [5.74, 6) is 0.133. The number of piperidine rings is 1. The van der Waals surface area contributed by atoms with Gasteiger partial charge in [-0.25, -0.2) is 4.39 Å². The van der Waals surface area contributed by atoms with Crippen LogP contribution in [0.25, 0.3) is 0 Å². The van der Waals surface area contributed by atoms with Crippen molar-refractivity contribution in [3.63, 3.8) is 0 Å². The maximum Gasteiger partial charge on any atom is 0.225 e. The van der Waals surface area contributed by atoms with E-state index in [1.165, 1.54) is 6.07 Å². The highest BCUT2D eigenvalue weighted by atomic mass is 19.1. The van der Waals surface area contributed by atoms with Gasteiger partial charge in [0, 0.05) is 31.6 Å². The average Bonchev–Trinajstić information content (AvgIpc) is 2.48.